The number of alkyl halides is 2. The highest BCUT2D eigenvalue weighted by Crippen LogP contribution is 2.24. The van der Waals surface area contributed by atoms with E-state index in [1.807, 2.05) is 0 Å². The SMILES string of the molecule is Cc1c(C(=O)Nc2ccc(OC(F)F)c(F)c2)nnn1-c1cccc([N+](=O)[O-])c1. The molecule has 0 spiro atoms. The number of nitrogens with zero attached hydrogens (tertiary/aromatic N) is 4. The van der Waals surface area contributed by atoms with Gasteiger partial charge < -0.3 is 10.1 Å². The van der Waals surface area contributed by atoms with E-state index < -0.39 is 29.0 Å². The Kier molecular flexibility index (Phi) is 5.43. The number of aromatic nitrogens is 3. The minimum absolute atomic E-state index is 0.0154. The highest BCUT2D eigenvalue weighted by molar-refractivity contribution is 6.03. The molecular weight excluding hydrogens is 395 g/mol. The van der Waals surface area contributed by atoms with Gasteiger partial charge >= 0.3 is 6.61 Å². The fraction of sp³-hybridized carbons (Fsp3) is 0.118. The molecule has 0 fully saturated rings. The standard InChI is InChI=1S/C17H12F3N5O4/c1-9-15(22-23-24(9)11-3-2-4-12(8-11)25(27)28)16(26)21-10-5-6-14(13(18)7-10)29-17(19)20/h2-8,17H,1H3,(H,21,26). The first-order valence-electron chi connectivity index (χ1n) is 7.99. The van der Waals surface area contributed by atoms with Crippen molar-refractivity contribution >= 4 is 17.3 Å². The first-order chi connectivity index (χ1) is 13.8. The van der Waals surface area contributed by atoms with Crippen molar-refractivity contribution in [3.8, 4) is 11.4 Å². The molecule has 150 valence electrons. The second-order valence-corrected chi connectivity index (χ2v) is 5.69. The molecule has 3 aromatic rings. The summed E-state index contributed by atoms with van der Waals surface area (Å²) in [6.45, 7) is -1.66. The van der Waals surface area contributed by atoms with E-state index in [2.05, 4.69) is 20.4 Å². The average Bonchev–Trinajstić information content (AvgIpc) is 3.05. The fourth-order valence-electron chi connectivity index (χ4n) is 2.48. The van der Waals surface area contributed by atoms with E-state index in [4.69, 9.17) is 0 Å². The van der Waals surface area contributed by atoms with Crippen molar-refractivity contribution < 1.29 is 27.6 Å². The predicted octanol–water partition coefficient (Wildman–Crippen LogP) is 3.48. The fourth-order valence-corrected chi connectivity index (χ4v) is 2.48. The van der Waals surface area contributed by atoms with Crippen molar-refractivity contribution in [1.82, 2.24) is 15.0 Å². The highest BCUT2D eigenvalue weighted by Gasteiger charge is 2.19. The molecule has 0 bridgehead atoms. The number of hydrogen-bond donors (Lipinski definition) is 1. The number of amides is 1. The lowest BCUT2D eigenvalue weighted by Gasteiger charge is -2.08. The Balaban J connectivity index is 1.82. The first kappa shape index (κ1) is 19.8. The van der Waals surface area contributed by atoms with Crippen molar-refractivity contribution in [2.24, 2.45) is 0 Å². The molecule has 12 heteroatoms. The summed E-state index contributed by atoms with van der Waals surface area (Å²) in [5, 5.41) is 20.9. The van der Waals surface area contributed by atoms with Crippen LogP contribution in [0.15, 0.2) is 42.5 Å². The number of benzene rings is 2. The van der Waals surface area contributed by atoms with Crippen LogP contribution in [-0.4, -0.2) is 32.4 Å². The molecule has 0 saturated heterocycles. The molecule has 2 aromatic carbocycles. The quantitative estimate of drug-likeness (QED) is 0.495. The van der Waals surface area contributed by atoms with Crippen molar-refractivity contribution in [3.05, 3.63) is 69.8 Å². The topological polar surface area (TPSA) is 112 Å². The third-order valence-corrected chi connectivity index (χ3v) is 3.80. The average molecular weight is 407 g/mol. The van der Waals surface area contributed by atoms with Crippen LogP contribution >= 0.6 is 0 Å². The number of non-ortho nitro benzene ring substituents is 1. The number of rotatable bonds is 6. The molecule has 0 aliphatic heterocycles. The number of carbonyl (C=O) groups excluding carboxylic acids is 1. The van der Waals surface area contributed by atoms with Gasteiger partial charge in [-0.2, -0.15) is 8.78 Å². The number of nitro groups is 1. The Morgan fingerprint density at radius 3 is 2.69 bits per heavy atom. The van der Waals surface area contributed by atoms with E-state index in [1.165, 1.54) is 35.9 Å². The van der Waals surface area contributed by atoms with Crippen LogP contribution in [-0.2, 0) is 0 Å². The summed E-state index contributed by atoms with van der Waals surface area (Å²) in [6.07, 6.45) is 0. The van der Waals surface area contributed by atoms with Gasteiger partial charge in [-0.1, -0.05) is 11.3 Å². The number of nitro benzene ring substituents is 1. The van der Waals surface area contributed by atoms with Gasteiger partial charge in [0, 0.05) is 23.9 Å². The summed E-state index contributed by atoms with van der Waals surface area (Å²) in [7, 11) is 0. The lowest BCUT2D eigenvalue weighted by atomic mass is 10.2. The summed E-state index contributed by atoms with van der Waals surface area (Å²) in [5.41, 5.74) is 0.317. The lowest BCUT2D eigenvalue weighted by Crippen LogP contribution is -2.14. The molecule has 1 N–H and O–H groups in total. The molecule has 0 saturated carbocycles. The molecule has 1 heterocycles. The zero-order valence-corrected chi connectivity index (χ0v) is 14.7. The van der Waals surface area contributed by atoms with E-state index >= 15 is 0 Å². The molecule has 0 atom stereocenters. The van der Waals surface area contributed by atoms with Crippen molar-refractivity contribution in [3.63, 3.8) is 0 Å². The third-order valence-electron chi connectivity index (χ3n) is 3.80. The molecule has 0 radical (unpaired) electrons. The Morgan fingerprint density at radius 1 is 1.28 bits per heavy atom. The van der Waals surface area contributed by atoms with Gasteiger partial charge in [0.15, 0.2) is 17.3 Å². The maximum atomic E-state index is 13.8. The zero-order chi connectivity index (χ0) is 21.1. The summed E-state index contributed by atoms with van der Waals surface area (Å²) in [4.78, 5) is 22.8. The van der Waals surface area contributed by atoms with Gasteiger partial charge in [-0.25, -0.2) is 9.07 Å². The summed E-state index contributed by atoms with van der Waals surface area (Å²) in [6, 6.07) is 8.52. The van der Waals surface area contributed by atoms with Crippen LogP contribution in [0.25, 0.3) is 5.69 Å². The van der Waals surface area contributed by atoms with E-state index in [0.29, 0.717) is 5.69 Å². The zero-order valence-electron chi connectivity index (χ0n) is 14.7. The molecule has 9 nitrogen and oxygen atoms in total. The van der Waals surface area contributed by atoms with Crippen LogP contribution in [0.3, 0.4) is 0 Å². The number of hydrogen-bond acceptors (Lipinski definition) is 6. The lowest BCUT2D eigenvalue weighted by molar-refractivity contribution is -0.384. The van der Waals surface area contributed by atoms with Gasteiger partial charge in [0.05, 0.1) is 16.3 Å². The molecule has 0 unspecified atom stereocenters. The smallest absolute Gasteiger partial charge is 0.387 e. The number of carbonyl (C=O) groups is 1. The normalized spacial score (nSPS) is 10.8. The van der Waals surface area contributed by atoms with Crippen molar-refractivity contribution in [2.45, 2.75) is 13.5 Å². The maximum absolute atomic E-state index is 13.8. The van der Waals surface area contributed by atoms with Crippen LogP contribution < -0.4 is 10.1 Å². The van der Waals surface area contributed by atoms with Crippen molar-refractivity contribution in [1.29, 1.82) is 0 Å². The molecule has 29 heavy (non-hydrogen) atoms. The molecule has 3 rings (SSSR count). The molecule has 1 amide bonds. The van der Waals surface area contributed by atoms with Crippen LogP contribution in [0.5, 0.6) is 5.75 Å². The summed E-state index contributed by atoms with van der Waals surface area (Å²) >= 11 is 0. The van der Waals surface area contributed by atoms with E-state index in [0.717, 1.165) is 12.1 Å². The molecule has 0 aliphatic carbocycles. The Hall–Kier alpha value is -3.96. The van der Waals surface area contributed by atoms with Gasteiger partial charge in [-0.3, -0.25) is 14.9 Å². The van der Waals surface area contributed by atoms with Gasteiger partial charge in [-0.05, 0) is 25.1 Å². The number of anilines is 1. The minimum Gasteiger partial charge on any atom is -0.432 e. The predicted molar refractivity (Wildman–Crippen MR) is 93.7 cm³/mol. The third kappa shape index (κ3) is 4.31. The van der Waals surface area contributed by atoms with Crippen LogP contribution in [0.1, 0.15) is 16.2 Å². The summed E-state index contributed by atoms with van der Waals surface area (Å²) < 4.78 is 43.4. The van der Waals surface area contributed by atoms with E-state index in [1.54, 1.807) is 6.07 Å². The minimum atomic E-state index is -3.18. The van der Waals surface area contributed by atoms with Crippen LogP contribution in [0.2, 0.25) is 0 Å². The Morgan fingerprint density at radius 2 is 2.03 bits per heavy atom. The molecule has 0 aliphatic rings. The molecule has 1 aromatic heterocycles. The van der Waals surface area contributed by atoms with E-state index in [-0.39, 0.29) is 22.8 Å². The Labute approximate surface area is 160 Å². The highest BCUT2D eigenvalue weighted by atomic mass is 19.3. The van der Waals surface area contributed by atoms with Crippen molar-refractivity contribution in [2.75, 3.05) is 5.32 Å². The number of nitrogens with one attached hydrogen (secondary N) is 1. The maximum Gasteiger partial charge on any atom is 0.387 e. The second-order valence-electron chi connectivity index (χ2n) is 5.69. The largest absolute Gasteiger partial charge is 0.432 e. The van der Waals surface area contributed by atoms with E-state index in [9.17, 15) is 28.1 Å². The Bertz CT molecular complexity index is 1090. The van der Waals surface area contributed by atoms with Crippen LogP contribution in [0, 0.1) is 22.9 Å². The first-order valence-corrected chi connectivity index (χ1v) is 7.99. The van der Waals surface area contributed by atoms with Gasteiger partial charge in [-0.15, -0.1) is 5.10 Å². The van der Waals surface area contributed by atoms with Gasteiger partial charge in [0.2, 0.25) is 0 Å². The van der Waals surface area contributed by atoms with Gasteiger partial charge in [0.25, 0.3) is 11.6 Å². The number of ether oxygens (including phenoxy) is 1. The monoisotopic (exact) mass is 407 g/mol. The van der Waals surface area contributed by atoms with Gasteiger partial charge in [0.1, 0.15) is 0 Å². The summed E-state index contributed by atoms with van der Waals surface area (Å²) in [5.74, 6) is -2.48. The van der Waals surface area contributed by atoms with Crippen LogP contribution in [0.4, 0.5) is 24.5 Å². The number of halogens is 3. The second kappa shape index (κ2) is 7.96. The molecular formula is C17H12F3N5O4.